The molecule has 28 heavy (non-hydrogen) atoms. The third kappa shape index (κ3) is 3.44. The topological polar surface area (TPSA) is 19.4 Å². The molecule has 0 radical (unpaired) electrons. The minimum atomic E-state index is 0.965. The lowest BCUT2D eigenvalue weighted by Gasteiger charge is -2.34. The van der Waals surface area contributed by atoms with Crippen molar-refractivity contribution in [1.82, 2.24) is 14.8 Å². The van der Waals surface area contributed by atoms with E-state index in [9.17, 15) is 0 Å². The zero-order valence-corrected chi connectivity index (χ0v) is 17.1. The molecule has 2 aromatic carbocycles. The Morgan fingerprint density at radius 2 is 1.57 bits per heavy atom. The van der Waals surface area contributed by atoms with Crippen LogP contribution in [0.4, 0.5) is 0 Å². The highest BCUT2D eigenvalue weighted by molar-refractivity contribution is 7.26. The standard InChI is InChI=1S/C24H25N3S/c1-18-6-5-11-25-22(18)17-27-14-12-26(13-15-27)16-19-7-4-9-21-20-8-2-3-10-23(20)28-24(19)21/h2-11H,12-17H2,1H3. The third-order valence-corrected chi connectivity index (χ3v) is 7.10. The van der Waals surface area contributed by atoms with E-state index in [-0.39, 0.29) is 0 Å². The molecule has 1 aliphatic rings. The minimum Gasteiger partial charge on any atom is -0.296 e. The van der Waals surface area contributed by atoms with Gasteiger partial charge in [-0.25, -0.2) is 0 Å². The zero-order valence-electron chi connectivity index (χ0n) is 16.3. The normalized spacial score (nSPS) is 16.2. The number of hydrogen-bond donors (Lipinski definition) is 0. The first-order valence-electron chi connectivity index (χ1n) is 10.0. The predicted molar refractivity (Wildman–Crippen MR) is 119 cm³/mol. The maximum absolute atomic E-state index is 4.56. The van der Waals surface area contributed by atoms with Gasteiger partial charge in [-0.15, -0.1) is 11.3 Å². The smallest absolute Gasteiger partial charge is 0.0573 e. The van der Waals surface area contributed by atoms with E-state index >= 15 is 0 Å². The molecule has 0 unspecified atom stereocenters. The fourth-order valence-electron chi connectivity index (χ4n) is 4.17. The van der Waals surface area contributed by atoms with E-state index in [4.69, 9.17) is 0 Å². The van der Waals surface area contributed by atoms with Crippen molar-refractivity contribution in [1.29, 1.82) is 0 Å². The average molecular weight is 388 g/mol. The van der Waals surface area contributed by atoms with Gasteiger partial charge in [0.1, 0.15) is 0 Å². The minimum absolute atomic E-state index is 0.965. The van der Waals surface area contributed by atoms with Gasteiger partial charge < -0.3 is 0 Å². The molecule has 142 valence electrons. The number of benzene rings is 2. The molecule has 0 atom stereocenters. The maximum atomic E-state index is 4.56. The summed E-state index contributed by atoms with van der Waals surface area (Å²) in [5.41, 5.74) is 3.97. The van der Waals surface area contributed by atoms with Crippen LogP contribution in [0.5, 0.6) is 0 Å². The number of thiophene rings is 1. The summed E-state index contributed by atoms with van der Waals surface area (Å²) in [7, 11) is 0. The number of nitrogens with zero attached hydrogens (tertiary/aromatic N) is 3. The van der Waals surface area contributed by atoms with Gasteiger partial charge in [-0.2, -0.15) is 0 Å². The SMILES string of the molecule is Cc1cccnc1CN1CCN(Cc2cccc3c2sc2ccccc23)CC1. The Hall–Kier alpha value is -2.27. The van der Waals surface area contributed by atoms with E-state index < -0.39 is 0 Å². The summed E-state index contributed by atoms with van der Waals surface area (Å²) in [6.45, 7) is 8.62. The number of pyridine rings is 1. The molecule has 0 N–H and O–H groups in total. The van der Waals surface area contributed by atoms with Crippen LogP contribution in [0.3, 0.4) is 0 Å². The molecule has 0 saturated carbocycles. The summed E-state index contributed by atoms with van der Waals surface area (Å²) in [5, 5.41) is 2.79. The summed E-state index contributed by atoms with van der Waals surface area (Å²) in [5.74, 6) is 0. The molecule has 4 aromatic rings. The van der Waals surface area contributed by atoms with Gasteiger partial charge in [0, 0.05) is 65.6 Å². The molecule has 3 heterocycles. The van der Waals surface area contributed by atoms with Crippen molar-refractivity contribution in [2.24, 2.45) is 0 Å². The summed E-state index contributed by atoms with van der Waals surface area (Å²) in [4.78, 5) is 9.69. The van der Waals surface area contributed by atoms with Gasteiger partial charge in [0.25, 0.3) is 0 Å². The molecule has 1 aliphatic heterocycles. The maximum Gasteiger partial charge on any atom is 0.0573 e. The molecule has 3 nitrogen and oxygen atoms in total. The highest BCUT2D eigenvalue weighted by Gasteiger charge is 2.19. The Bertz CT molecular complexity index is 1110. The summed E-state index contributed by atoms with van der Waals surface area (Å²) in [6, 6.07) is 19.7. The molecule has 4 heteroatoms. The first kappa shape index (κ1) is 17.8. The van der Waals surface area contributed by atoms with E-state index in [1.54, 1.807) is 0 Å². The Morgan fingerprint density at radius 1 is 0.821 bits per heavy atom. The number of hydrogen-bond acceptors (Lipinski definition) is 4. The molecular formula is C24H25N3S. The summed E-state index contributed by atoms with van der Waals surface area (Å²) in [6.07, 6.45) is 1.91. The summed E-state index contributed by atoms with van der Waals surface area (Å²) < 4.78 is 2.84. The second-order valence-electron chi connectivity index (χ2n) is 7.71. The van der Waals surface area contributed by atoms with Gasteiger partial charge in [0.2, 0.25) is 0 Å². The van der Waals surface area contributed by atoms with E-state index in [2.05, 4.69) is 70.2 Å². The molecule has 1 fully saturated rings. The van der Waals surface area contributed by atoms with Gasteiger partial charge >= 0.3 is 0 Å². The first-order chi connectivity index (χ1) is 13.8. The van der Waals surface area contributed by atoms with Crippen LogP contribution in [0.25, 0.3) is 20.2 Å². The van der Waals surface area contributed by atoms with Crippen LogP contribution >= 0.6 is 11.3 Å². The van der Waals surface area contributed by atoms with Crippen LogP contribution in [0, 0.1) is 6.92 Å². The molecule has 0 amide bonds. The van der Waals surface area contributed by atoms with E-state index in [1.165, 1.54) is 37.0 Å². The monoisotopic (exact) mass is 387 g/mol. The molecular weight excluding hydrogens is 362 g/mol. The lowest BCUT2D eigenvalue weighted by molar-refractivity contribution is 0.121. The Balaban J connectivity index is 1.29. The van der Waals surface area contributed by atoms with Crippen molar-refractivity contribution in [3.8, 4) is 0 Å². The Kier molecular flexibility index (Phi) is 4.85. The van der Waals surface area contributed by atoms with Crippen molar-refractivity contribution >= 4 is 31.5 Å². The van der Waals surface area contributed by atoms with E-state index in [0.29, 0.717) is 0 Å². The number of piperazine rings is 1. The first-order valence-corrected chi connectivity index (χ1v) is 10.8. The highest BCUT2D eigenvalue weighted by Crippen LogP contribution is 2.36. The van der Waals surface area contributed by atoms with Gasteiger partial charge in [0.05, 0.1) is 5.69 Å². The van der Waals surface area contributed by atoms with Crippen LogP contribution in [0.2, 0.25) is 0 Å². The summed E-state index contributed by atoms with van der Waals surface area (Å²) >= 11 is 1.94. The second kappa shape index (κ2) is 7.63. The molecule has 0 spiro atoms. The van der Waals surface area contributed by atoms with Crippen molar-refractivity contribution in [3.05, 3.63) is 77.6 Å². The number of fused-ring (bicyclic) bond motifs is 3. The van der Waals surface area contributed by atoms with Gasteiger partial charge in [-0.3, -0.25) is 14.8 Å². The van der Waals surface area contributed by atoms with Crippen molar-refractivity contribution in [2.75, 3.05) is 26.2 Å². The van der Waals surface area contributed by atoms with Crippen LogP contribution in [-0.4, -0.2) is 41.0 Å². The predicted octanol–water partition coefficient (Wildman–Crippen LogP) is 5.08. The molecule has 1 saturated heterocycles. The van der Waals surface area contributed by atoms with Crippen LogP contribution in [0.15, 0.2) is 60.8 Å². The lowest BCUT2D eigenvalue weighted by Crippen LogP contribution is -2.45. The number of aromatic nitrogens is 1. The number of aryl methyl sites for hydroxylation is 1. The van der Waals surface area contributed by atoms with Crippen molar-refractivity contribution in [2.45, 2.75) is 20.0 Å². The van der Waals surface area contributed by atoms with Crippen molar-refractivity contribution in [3.63, 3.8) is 0 Å². The van der Waals surface area contributed by atoms with E-state index in [0.717, 1.165) is 39.3 Å². The largest absolute Gasteiger partial charge is 0.296 e. The van der Waals surface area contributed by atoms with Gasteiger partial charge in [0.15, 0.2) is 0 Å². The fourth-order valence-corrected chi connectivity index (χ4v) is 5.38. The second-order valence-corrected chi connectivity index (χ2v) is 8.76. The average Bonchev–Trinajstić information content (AvgIpc) is 3.11. The van der Waals surface area contributed by atoms with Crippen molar-refractivity contribution < 1.29 is 0 Å². The molecule has 0 aliphatic carbocycles. The lowest BCUT2D eigenvalue weighted by atomic mass is 10.1. The van der Waals surface area contributed by atoms with E-state index in [1.807, 2.05) is 23.6 Å². The fraction of sp³-hybridized carbons (Fsp3) is 0.292. The Labute approximate surface area is 170 Å². The highest BCUT2D eigenvalue weighted by atomic mass is 32.1. The molecule has 2 aromatic heterocycles. The third-order valence-electron chi connectivity index (χ3n) is 5.84. The molecule has 0 bridgehead atoms. The van der Waals surface area contributed by atoms with Gasteiger partial charge in [-0.05, 0) is 30.2 Å². The van der Waals surface area contributed by atoms with Crippen LogP contribution < -0.4 is 0 Å². The van der Waals surface area contributed by atoms with Crippen LogP contribution in [-0.2, 0) is 13.1 Å². The van der Waals surface area contributed by atoms with Gasteiger partial charge in [-0.1, -0.05) is 42.5 Å². The quantitative estimate of drug-likeness (QED) is 0.487. The molecule has 5 rings (SSSR count). The zero-order chi connectivity index (χ0) is 18.9. The number of rotatable bonds is 4. The Morgan fingerprint density at radius 3 is 2.39 bits per heavy atom. The van der Waals surface area contributed by atoms with Crippen LogP contribution in [0.1, 0.15) is 16.8 Å².